The second-order valence-electron chi connectivity index (χ2n) is 7.84. The lowest BCUT2D eigenvalue weighted by Gasteiger charge is -2.35. The van der Waals surface area contributed by atoms with Crippen LogP contribution in [0.1, 0.15) is 33.2 Å². The number of hydrogen-bond donors (Lipinski definition) is 2. The molecule has 2 aromatic carbocycles. The van der Waals surface area contributed by atoms with Gasteiger partial charge in [-0.2, -0.15) is 0 Å². The van der Waals surface area contributed by atoms with Crippen LogP contribution < -0.4 is 10.6 Å². The average Bonchev–Trinajstić information content (AvgIpc) is 2.80. The maximum absolute atomic E-state index is 12.0. The Morgan fingerprint density at radius 3 is 2.72 bits per heavy atom. The van der Waals surface area contributed by atoms with Crippen molar-refractivity contribution in [2.45, 2.75) is 20.0 Å². The number of hydrogen-bond acceptors (Lipinski definition) is 8. The highest BCUT2D eigenvalue weighted by Gasteiger charge is 2.27. The van der Waals surface area contributed by atoms with Crippen molar-refractivity contribution in [2.75, 3.05) is 37.4 Å². The number of rotatable bonds is 4. The van der Waals surface area contributed by atoms with Gasteiger partial charge >= 0.3 is 5.97 Å². The minimum absolute atomic E-state index is 0.133. The zero-order chi connectivity index (χ0) is 22.8. The molecule has 1 aromatic heterocycles. The van der Waals surface area contributed by atoms with E-state index in [1.807, 2.05) is 38.1 Å². The van der Waals surface area contributed by atoms with Crippen LogP contribution in [0.15, 0.2) is 42.5 Å². The van der Waals surface area contributed by atoms with Crippen LogP contribution in [0.5, 0.6) is 5.75 Å². The van der Waals surface area contributed by atoms with E-state index in [1.165, 1.54) is 7.11 Å². The second-order valence-corrected chi connectivity index (χ2v) is 7.84. The molecule has 1 aliphatic heterocycles. The smallest absolute Gasteiger partial charge is 0.338 e. The molecule has 0 bridgehead atoms. The predicted octanol–water partition coefficient (Wildman–Crippen LogP) is 3.41. The van der Waals surface area contributed by atoms with Gasteiger partial charge in [0.2, 0.25) is 0 Å². The molecule has 1 saturated heterocycles. The minimum atomic E-state index is -0.351. The normalized spacial score (nSPS) is 16.1. The van der Waals surface area contributed by atoms with Gasteiger partial charge in [-0.25, -0.2) is 4.79 Å². The molecule has 3 aromatic rings. The van der Waals surface area contributed by atoms with Gasteiger partial charge in [0.25, 0.3) is 0 Å². The van der Waals surface area contributed by atoms with Crippen LogP contribution in [-0.4, -0.2) is 48.1 Å². The number of anilines is 2. The van der Waals surface area contributed by atoms with Crippen molar-refractivity contribution in [3.8, 4) is 17.0 Å². The number of carbonyl (C=O) groups excluding carboxylic acids is 1. The molecule has 0 saturated carbocycles. The molecule has 0 amide bonds. The number of nitrogens with two attached hydrogens (primary N) is 1. The summed E-state index contributed by atoms with van der Waals surface area (Å²) in [5, 5.41) is 18.5. The van der Waals surface area contributed by atoms with E-state index in [0.29, 0.717) is 42.3 Å². The van der Waals surface area contributed by atoms with Crippen LogP contribution >= 0.6 is 0 Å². The lowest BCUT2D eigenvalue weighted by Crippen LogP contribution is -2.39. The number of nitrogen functional groups attached to an aromatic ring is 1. The molecule has 166 valence electrons. The van der Waals surface area contributed by atoms with E-state index in [4.69, 9.17) is 15.2 Å². The summed E-state index contributed by atoms with van der Waals surface area (Å²) in [5.41, 5.74) is 11.4. The maximum atomic E-state index is 12.0. The van der Waals surface area contributed by atoms with Gasteiger partial charge in [0.1, 0.15) is 11.9 Å². The number of methoxy groups -OCH3 is 1. The molecule has 0 aliphatic carbocycles. The van der Waals surface area contributed by atoms with Crippen molar-refractivity contribution >= 4 is 17.5 Å². The van der Waals surface area contributed by atoms with Crippen molar-refractivity contribution in [1.29, 1.82) is 0 Å². The number of phenols is 1. The number of aryl methyl sites for hydroxylation is 2. The van der Waals surface area contributed by atoms with Crippen molar-refractivity contribution in [3.05, 3.63) is 64.7 Å². The first-order chi connectivity index (χ1) is 15.4. The minimum Gasteiger partial charge on any atom is -0.507 e. The molecule has 1 aliphatic rings. The van der Waals surface area contributed by atoms with Crippen molar-refractivity contribution in [3.63, 3.8) is 0 Å². The van der Waals surface area contributed by atoms with Crippen LogP contribution in [0, 0.1) is 13.8 Å². The van der Waals surface area contributed by atoms with Gasteiger partial charge in [0, 0.05) is 18.7 Å². The third-order valence-corrected chi connectivity index (χ3v) is 5.75. The summed E-state index contributed by atoms with van der Waals surface area (Å²) in [6.45, 7) is 5.57. The van der Waals surface area contributed by atoms with E-state index in [-0.39, 0.29) is 17.8 Å². The molecule has 0 spiro atoms. The van der Waals surface area contributed by atoms with E-state index < -0.39 is 0 Å². The van der Waals surface area contributed by atoms with Crippen molar-refractivity contribution in [1.82, 2.24) is 10.2 Å². The average molecular weight is 434 g/mol. The van der Waals surface area contributed by atoms with Gasteiger partial charge in [-0.05, 0) is 54.8 Å². The molecule has 8 heteroatoms. The number of carbonyl (C=O) groups is 1. The summed E-state index contributed by atoms with van der Waals surface area (Å²) in [4.78, 5) is 14.1. The van der Waals surface area contributed by atoms with Crippen LogP contribution in [0.4, 0.5) is 11.5 Å². The van der Waals surface area contributed by atoms with E-state index in [2.05, 4.69) is 15.1 Å². The zero-order valence-electron chi connectivity index (χ0n) is 18.3. The Kier molecular flexibility index (Phi) is 5.96. The number of benzene rings is 2. The van der Waals surface area contributed by atoms with Crippen LogP contribution in [0.25, 0.3) is 11.3 Å². The highest BCUT2D eigenvalue weighted by atomic mass is 16.5. The van der Waals surface area contributed by atoms with E-state index in [1.54, 1.807) is 18.2 Å². The Bertz CT molecular complexity index is 1160. The highest BCUT2D eigenvalue weighted by molar-refractivity contribution is 5.91. The van der Waals surface area contributed by atoms with Gasteiger partial charge in [0.15, 0.2) is 5.82 Å². The molecule has 32 heavy (non-hydrogen) atoms. The number of esters is 1. The fourth-order valence-electron chi connectivity index (χ4n) is 4.04. The Morgan fingerprint density at radius 2 is 1.97 bits per heavy atom. The topological polar surface area (TPSA) is 111 Å². The van der Waals surface area contributed by atoms with Gasteiger partial charge < -0.3 is 25.2 Å². The van der Waals surface area contributed by atoms with E-state index in [9.17, 15) is 9.90 Å². The predicted molar refractivity (Wildman–Crippen MR) is 122 cm³/mol. The third kappa shape index (κ3) is 4.09. The quantitative estimate of drug-likeness (QED) is 0.601. The number of para-hydroxylation sites is 1. The Hall–Kier alpha value is -3.65. The Labute approximate surface area is 186 Å². The highest BCUT2D eigenvalue weighted by Crippen LogP contribution is 2.34. The monoisotopic (exact) mass is 434 g/mol. The number of phenolic OH excluding ortho intramolecular Hbond substituents is 1. The summed E-state index contributed by atoms with van der Waals surface area (Å²) < 4.78 is 11.0. The molecule has 4 rings (SSSR count). The van der Waals surface area contributed by atoms with Crippen molar-refractivity contribution in [2.24, 2.45) is 0 Å². The summed E-state index contributed by atoms with van der Waals surface area (Å²) >= 11 is 0. The second kappa shape index (κ2) is 8.84. The maximum Gasteiger partial charge on any atom is 0.338 e. The summed E-state index contributed by atoms with van der Waals surface area (Å²) in [5.74, 6) is 0.101. The fourth-order valence-corrected chi connectivity index (χ4v) is 4.04. The number of aromatic nitrogens is 2. The molecule has 2 heterocycles. The fraction of sp³-hybridized carbons (Fsp3) is 0.292. The van der Waals surface area contributed by atoms with Gasteiger partial charge in [0.05, 0.1) is 30.7 Å². The van der Waals surface area contributed by atoms with Gasteiger partial charge in [-0.15, -0.1) is 10.2 Å². The Balaban J connectivity index is 1.64. The lowest BCUT2D eigenvalue weighted by molar-refractivity contribution is 0.0393. The number of morpholine rings is 1. The first-order valence-electron chi connectivity index (χ1n) is 10.4. The summed E-state index contributed by atoms with van der Waals surface area (Å²) in [7, 11) is 1.38. The zero-order valence-corrected chi connectivity index (χ0v) is 18.3. The molecule has 0 radical (unpaired) electrons. The Morgan fingerprint density at radius 1 is 1.19 bits per heavy atom. The van der Waals surface area contributed by atoms with E-state index >= 15 is 0 Å². The molecule has 1 atom stereocenters. The van der Waals surface area contributed by atoms with Crippen LogP contribution in [0.2, 0.25) is 0 Å². The number of ether oxygens (including phenoxy) is 2. The molecule has 8 nitrogen and oxygen atoms in total. The summed E-state index contributed by atoms with van der Waals surface area (Å²) in [6.07, 6.45) is -0.199. The standard InChI is InChI=1S/C24H26N4O4/c1-14-11-18(24(30)31-3)15(2)10-17(14)22-13-28(8-9-32-22)20-12-19(26-27-23(20)25)16-6-4-5-7-21(16)29/h4-7,10-12,22,29H,8-9,13H2,1-3H3,(H2,25,27)/t22-/m1/s1. The number of aromatic hydroxyl groups is 1. The van der Waals surface area contributed by atoms with Gasteiger partial charge in [-0.3, -0.25) is 0 Å². The first kappa shape index (κ1) is 21.6. The van der Waals surface area contributed by atoms with E-state index in [0.717, 1.165) is 22.4 Å². The van der Waals surface area contributed by atoms with Crippen molar-refractivity contribution < 1.29 is 19.4 Å². The molecule has 0 unspecified atom stereocenters. The van der Waals surface area contributed by atoms with Crippen LogP contribution in [0.3, 0.4) is 0 Å². The number of nitrogens with zero attached hydrogens (tertiary/aromatic N) is 3. The summed E-state index contributed by atoms with van der Waals surface area (Å²) in [6, 6.07) is 12.7. The third-order valence-electron chi connectivity index (χ3n) is 5.75. The molecule has 3 N–H and O–H groups in total. The molecular formula is C24H26N4O4. The first-order valence-corrected chi connectivity index (χ1v) is 10.4. The SMILES string of the molecule is COC(=O)c1cc(C)c([C@H]2CN(c3cc(-c4ccccc4O)nnc3N)CCO2)cc1C. The largest absolute Gasteiger partial charge is 0.507 e. The lowest BCUT2D eigenvalue weighted by atomic mass is 9.95. The molecule has 1 fully saturated rings. The van der Waals surface area contributed by atoms with Gasteiger partial charge in [-0.1, -0.05) is 18.2 Å². The molecular weight excluding hydrogens is 408 g/mol. The van der Waals surface area contributed by atoms with Crippen LogP contribution in [-0.2, 0) is 9.47 Å².